The van der Waals surface area contributed by atoms with E-state index in [2.05, 4.69) is 10.6 Å². The van der Waals surface area contributed by atoms with Crippen LogP contribution in [0.3, 0.4) is 0 Å². The van der Waals surface area contributed by atoms with Crippen molar-refractivity contribution in [2.75, 3.05) is 5.32 Å². The quantitative estimate of drug-likeness (QED) is 0.678. The first-order valence-corrected chi connectivity index (χ1v) is 4.70. The number of allylic oxidation sites excluding steroid dienone is 2. The molecule has 0 aliphatic rings. The number of nitrogens with two attached hydrogens (primary N) is 1. The van der Waals surface area contributed by atoms with Gasteiger partial charge in [0.1, 0.15) is 23.7 Å². The van der Waals surface area contributed by atoms with E-state index in [9.17, 15) is 9.18 Å². The average molecular weight is 245 g/mol. The maximum atomic E-state index is 12.6. The van der Waals surface area contributed by atoms with Gasteiger partial charge >= 0.3 is 6.03 Å². The van der Waals surface area contributed by atoms with Gasteiger partial charge in [-0.05, 0) is 24.3 Å². The monoisotopic (exact) mass is 245 g/mol. The van der Waals surface area contributed by atoms with E-state index in [-0.39, 0.29) is 5.70 Å². The average Bonchev–Trinajstić information content (AvgIpc) is 2.37. The lowest BCUT2D eigenvalue weighted by Crippen LogP contribution is -2.29. The minimum Gasteiger partial charge on any atom is -0.388 e. The predicted octanol–water partition coefficient (Wildman–Crippen LogP) is 1.16. The number of rotatable bonds is 2. The fraction of sp³-hybridized carbons (Fsp3) is 0. The van der Waals surface area contributed by atoms with Crippen molar-refractivity contribution in [1.82, 2.24) is 5.32 Å². The zero-order valence-corrected chi connectivity index (χ0v) is 9.07. The molecule has 0 aromatic heterocycles. The van der Waals surface area contributed by atoms with Crippen LogP contribution in [0, 0.1) is 28.5 Å². The molecule has 1 aromatic carbocycles. The first kappa shape index (κ1) is 13.0. The molecule has 0 unspecified atom stereocenters. The van der Waals surface area contributed by atoms with E-state index < -0.39 is 17.5 Å². The van der Waals surface area contributed by atoms with E-state index in [1.165, 1.54) is 30.3 Å². The van der Waals surface area contributed by atoms with Crippen molar-refractivity contribution >= 4 is 11.7 Å². The minimum atomic E-state index is -0.753. The Balaban J connectivity index is 2.71. The van der Waals surface area contributed by atoms with Crippen LogP contribution in [0.15, 0.2) is 35.7 Å². The van der Waals surface area contributed by atoms with Gasteiger partial charge in [-0.3, -0.25) is 5.32 Å². The zero-order chi connectivity index (χ0) is 13.5. The molecule has 1 aromatic rings. The molecule has 7 heteroatoms. The normalized spacial score (nSPS) is 10.6. The highest BCUT2D eigenvalue weighted by molar-refractivity contribution is 5.90. The molecule has 0 heterocycles. The number of carbonyl (C=O) groups is 1. The summed E-state index contributed by atoms with van der Waals surface area (Å²) in [6, 6.07) is 7.39. The van der Waals surface area contributed by atoms with Gasteiger partial charge in [-0.2, -0.15) is 10.5 Å². The van der Waals surface area contributed by atoms with Gasteiger partial charge in [0, 0.05) is 5.69 Å². The van der Waals surface area contributed by atoms with Crippen molar-refractivity contribution in [3.8, 4) is 12.1 Å². The summed E-state index contributed by atoms with van der Waals surface area (Å²) in [5, 5.41) is 21.6. The summed E-state index contributed by atoms with van der Waals surface area (Å²) >= 11 is 0. The van der Waals surface area contributed by atoms with Crippen molar-refractivity contribution < 1.29 is 9.18 Å². The Morgan fingerprint density at radius 2 is 1.83 bits per heavy atom. The topological polar surface area (TPSA) is 115 Å². The van der Waals surface area contributed by atoms with Crippen LogP contribution in [0.5, 0.6) is 0 Å². The van der Waals surface area contributed by atoms with Crippen molar-refractivity contribution in [1.29, 1.82) is 10.5 Å². The number of amides is 2. The number of benzene rings is 1. The molecule has 0 fully saturated rings. The van der Waals surface area contributed by atoms with Crippen LogP contribution in [0.4, 0.5) is 14.9 Å². The first-order valence-electron chi connectivity index (χ1n) is 4.70. The SMILES string of the molecule is N#C/C(N)=C(\C#N)NC(=O)Nc1ccc(F)cc1. The number of halogens is 1. The highest BCUT2D eigenvalue weighted by Crippen LogP contribution is 2.08. The summed E-state index contributed by atoms with van der Waals surface area (Å²) in [5.74, 6) is -0.438. The van der Waals surface area contributed by atoms with Crippen molar-refractivity contribution in [3.05, 3.63) is 41.5 Å². The molecule has 6 nitrogen and oxygen atoms in total. The maximum Gasteiger partial charge on any atom is 0.324 e. The summed E-state index contributed by atoms with van der Waals surface area (Å²) in [5.41, 5.74) is 4.78. The molecule has 0 aliphatic carbocycles. The fourth-order valence-corrected chi connectivity index (χ4v) is 1.02. The molecule has 4 N–H and O–H groups in total. The largest absolute Gasteiger partial charge is 0.388 e. The fourth-order valence-electron chi connectivity index (χ4n) is 1.02. The highest BCUT2D eigenvalue weighted by Gasteiger charge is 2.07. The molecule has 18 heavy (non-hydrogen) atoms. The van der Waals surface area contributed by atoms with Gasteiger partial charge in [-0.1, -0.05) is 0 Å². The van der Waals surface area contributed by atoms with Crippen LogP contribution in [0.2, 0.25) is 0 Å². The van der Waals surface area contributed by atoms with E-state index in [4.69, 9.17) is 16.3 Å². The third-order valence-electron chi connectivity index (χ3n) is 1.84. The molecule has 0 bridgehead atoms. The second-order valence-electron chi connectivity index (χ2n) is 3.10. The van der Waals surface area contributed by atoms with E-state index in [0.29, 0.717) is 5.69 Å². The molecule has 0 saturated carbocycles. The third kappa shape index (κ3) is 3.51. The second-order valence-corrected chi connectivity index (χ2v) is 3.10. The summed E-state index contributed by atoms with van der Waals surface area (Å²) in [4.78, 5) is 11.4. The molecule has 1 rings (SSSR count). The summed E-state index contributed by atoms with van der Waals surface area (Å²) < 4.78 is 12.6. The number of nitriles is 2. The van der Waals surface area contributed by atoms with Crippen LogP contribution in [-0.4, -0.2) is 6.03 Å². The summed E-state index contributed by atoms with van der Waals surface area (Å²) in [6.45, 7) is 0. The van der Waals surface area contributed by atoms with Crippen LogP contribution < -0.4 is 16.4 Å². The third-order valence-corrected chi connectivity index (χ3v) is 1.84. The Morgan fingerprint density at radius 1 is 1.22 bits per heavy atom. The van der Waals surface area contributed by atoms with Gasteiger partial charge in [0.15, 0.2) is 5.70 Å². The maximum absolute atomic E-state index is 12.6. The predicted molar refractivity (Wildman–Crippen MR) is 61.0 cm³/mol. The smallest absolute Gasteiger partial charge is 0.324 e. The Labute approximate surface area is 102 Å². The number of urea groups is 1. The van der Waals surface area contributed by atoms with Crippen LogP contribution in [0.1, 0.15) is 0 Å². The number of anilines is 1. The molecular weight excluding hydrogens is 237 g/mol. The lowest BCUT2D eigenvalue weighted by Gasteiger charge is -2.06. The number of hydrogen-bond acceptors (Lipinski definition) is 4. The van der Waals surface area contributed by atoms with Gasteiger partial charge < -0.3 is 11.1 Å². The van der Waals surface area contributed by atoms with Gasteiger partial charge in [0.05, 0.1) is 0 Å². The van der Waals surface area contributed by atoms with E-state index in [0.717, 1.165) is 0 Å². The Morgan fingerprint density at radius 3 is 2.33 bits per heavy atom. The van der Waals surface area contributed by atoms with Gasteiger partial charge in [0.25, 0.3) is 0 Å². The van der Waals surface area contributed by atoms with Crippen LogP contribution >= 0.6 is 0 Å². The van der Waals surface area contributed by atoms with Crippen molar-refractivity contribution in [2.45, 2.75) is 0 Å². The Bertz CT molecular complexity index is 565. The molecule has 0 radical (unpaired) electrons. The van der Waals surface area contributed by atoms with E-state index >= 15 is 0 Å². The molecule has 0 spiro atoms. The minimum absolute atomic E-state index is 0.335. The summed E-state index contributed by atoms with van der Waals surface area (Å²) in [6.07, 6.45) is 0. The number of nitrogens with zero attached hydrogens (tertiary/aromatic N) is 2. The number of nitrogens with one attached hydrogen (secondary N) is 2. The molecular formula is C11H8FN5O. The van der Waals surface area contributed by atoms with Crippen LogP contribution in [-0.2, 0) is 0 Å². The van der Waals surface area contributed by atoms with E-state index in [1.807, 2.05) is 0 Å². The first-order chi connectivity index (χ1) is 8.56. The molecule has 0 saturated heterocycles. The zero-order valence-electron chi connectivity index (χ0n) is 9.07. The molecule has 0 atom stereocenters. The van der Waals surface area contributed by atoms with Crippen molar-refractivity contribution in [2.24, 2.45) is 5.73 Å². The van der Waals surface area contributed by atoms with Crippen molar-refractivity contribution in [3.63, 3.8) is 0 Å². The lowest BCUT2D eigenvalue weighted by atomic mass is 10.3. The summed E-state index contributed by atoms with van der Waals surface area (Å²) in [7, 11) is 0. The standard InChI is InChI=1S/C11H8FN5O/c12-7-1-3-8(4-2-7)16-11(18)17-10(6-14)9(15)5-13/h1-4H,15H2,(H2,16,17,18)/b10-9-. The molecule has 0 aliphatic heterocycles. The second kappa shape index (κ2) is 5.87. The number of hydrogen-bond donors (Lipinski definition) is 3. The lowest BCUT2D eigenvalue weighted by molar-refractivity contribution is 0.254. The molecule has 90 valence electrons. The van der Waals surface area contributed by atoms with Crippen LogP contribution in [0.25, 0.3) is 0 Å². The number of carbonyl (C=O) groups excluding carboxylic acids is 1. The highest BCUT2D eigenvalue weighted by atomic mass is 19.1. The Hall–Kier alpha value is -3.06. The van der Waals surface area contributed by atoms with Gasteiger partial charge in [0.2, 0.25) is 0 Å². The molecule has 2 amide bonds. The van der Waals surface area contributed by atoms with E-state index in [1.54, 1.807) is 6.07 Å². The Kier molecular flexibility index (Phi) is 4.24. The van der Waals surface area contributed by atoms with Gasteiger partial charge in [-0.15, -0.1) is 0 Å². The van der Waals surface area contributed by atoms with Gasteiger partial charge in [-0.25, -0.2) is 9.18 Å².